The van der Waals surface area contributed by atoms with Gasteiger partial charge in [-0.05, 0) is 31.5 Å². The number of aryl methyl sites for hydroxylation is 1. The van der Waals surface area contributed by atoms with Crippen LogP contribution in [0.2, 0.25) is 0 Å². The number of imidazole rings is 1. The largest absolute Gasteiger partial charge is 0.325 e. The lowest BCUT2D eigenvalue weighted by atomic mass is 10.2. The van der Waals surface area contributed by atoms with Gasteiger partial charge in [0.05, 0.1) is 5.69 Å². The first kappa shape index (κ1) is 13.1. The summed E-state index contributed by atoms with van der Waals surface area (Å²) < 4.78 is 2.08. The molecule has 0 aliphatic heterocycles. The van der Waals surface area contributed by atoms with Crippen LogP contribution >= 0.6 is 11.3 Å². The maximum atomic E-state index is 5.94. The smallest absolute Gasteiger partial charge is 0.195 e. The summed E-state index contributed by atoms with van der Waals surface area (Å²) in [4.78, 5) is 7.96. The van der Waals surface area contributed by atoms with Gasteiger partial charge in [-0.2, -0.15) is 0 Å². The molecular weight excluding hydrogens is 268 g/mol. The van der Waals surface area contributed by atoms with Crippen molar-refractivity contribution < 1.29 is 0 Å². The van der Waals surface area contributed by atoms with Crippen LogP contribution in [0.25, 0.3) is 4.96 Å². The Morgan fingerprint density at radius 1 is 1.40 bits per heavy atom. The first-order valence-corrected chi connectivity index (χ1v) is 7.61. The van der Waals surface area contributed by atoms with E-state index in [-0.39, 0.29) is 0 Å². The molecule has 0 aliphatic carbocycles. The fourth-order valence-electron chi connectivity index (χ4n) is 2.48. The van der Waals surface area contributed by atoms with Crippen LogP contribution in [-0.2, 0) is 6.54 Å². The molecule has 0 saturated heterocycles. The van der Waals surface area contributed by atoms with Crippen molar-refractivity contribution in [2.45, 2.75) is 20.4 Å². The number of nitrogens with two attached hydrogens (primary N) is 1. The van der Waals surface area contributed by atoms with E-state index in [9.17, 15) is 0 Å². The highest BCUT2D eigenvalue weighted by Gasteiger charge is 2.18. The summed E-state index contributed by atoms with van der Waals surface area (Å²) in [6.07, 6.45) is 2.03. The third kappa shape index (κ3) is 2.09. The Bertz CT molecular complexity index is 728. The molecule has 0 atom stereocenters. The van der Waals surface area contributed by atoms with Gasteiger partial charge < -0.3 is 10.6 Å². The van der Waals surface area contributed by atoms with E-state index >= 15 is 0 Å². The maximum Gasteiger partial charge on any atom is 0.195 e. The standard InChI is InChI=1S/C15H18N4S/c1-3-18(12-6-4-5-11(2)9-12)14-13(10-16)19-7-8-20-15(19)17-14/h4-9H,3,10,16H2,1-2H3. The molecule has 0 spiro atoms. The van der Waals surface area contributed by atoms with Crippen LogP contribution in [0.15, 0.2) is 35.8 Å². The third-order valence-electron chi connectivity index (χ3n) is 3.42. The van der Waals surface area contributed by atoms with Crippen LogP contribution in [-0.4, -0.2) is 15.9 Å². The fourth-order valence-corrected chi connectivity index (χ4v) is 3.21. The Balaban J connectivity index is 2.13. The lowest BCUT2D eigenvalue weighted by molar-refractivity contribution is 0.927. The zero-order valence-electron chi connectivity index (χ0n) is 11.7. The molecule has 0 radical (unpaired) electrons. The Morgan fingerprint density at radius 3 is 2.95 bits per heavy atom. The molecule has 0 amide bonds. The van der Waals surface area contributed by atoms with E-state index in [1.165, 1.54) is 5.56 Å². The molecule has 20 heavy (non-hydrogen) atoms. The van der Waals surface area contributed by atoms with Gasteiger partial charge in [0, 0.05) is 30.4 Å². The van der Waals surface area contributed by atoms with E-state index in [0.29, 0.717) is 6.54 Å². The van der Waals surface area contributed by atoms with Gasteiger partial charge in [0.25, 0.3) is 0 Å². The van der Waals surface area contributed by atoms with E-state index in [1.54, 1.807) is 11.3 Å². The molecule has 2 aromatic heterocycles. The second-order valence-electron chi connectivity index (χ2n) is 4.73. The lowest BCUT2D eigenvalue weighted by Gasteiger charge is -2.22. The number of nitrogens with zero attached hydrogens (tertiary/aromatic N) is 3. The Kier molecular flexibility index (Phi) is 3.46. The molecule has 0 aliphatic rings. The number of hydrogen-bond donors (Lipinski definition) is 1. The topological polar surface area (TPSA) is 46.6 Å². The van der Waals surface area contributed by atoms with E-state index in [1.807, 2.05) is 11.6 Å². The number of benzene rings is 1. The zero-order valence-corrected chi connectivity index (χ0v) is 12.5. The van der Waals surface area contributed by atoms with Crippen LogP contribution in [0.4, 0.5) is 11.5 Å². The van der Waals surface area contributed by atoms with Crippen LogP contribution in [0, 0.1) is 6.92 Å². The second kappa shape index (κ2) is 5.26. The monoisotopic (exact) mass is 286 g/mol. The number of fused-ring (bicyclic) bond motifs is 1. The molecule has 2 heterocycles. The minimum Gasteiger partial charge on any atom is -0.325 e. The molecular formula is C15H18N4S. The third-order valence-corrected chi connectivity index (χ3v) is 4.18. The Labute approximate surface area is 122 Å². The average Bonchev–Trinajstić information content (AvgIpc) is 3.00. The van der Waals surface area contributed by atoms with Crippen molar-refractivity contribution >= 4 is 27.8 Å². The highest BCUT2D eigenvalue weighted by molar-refractivity contribution is 7.15. The number of hydrogen-bond acceptors (Lipinski definition) is 4. The van der Waals surface area contributed by atoms with E-state index in [4.69, 9.17) is 10.7 Å². The Morgan fingerprint density at radius 2 is 2.25 bits per heavy atom. The summed E-state index contributed by atoms with van der Waals surface area (Å²) >= 11 is 1.63. The molecule has 4 nitrogen and oxygen atoms in total. The fraction of sp³-hybridized carbons (Fsp3) is 0.267. The highest BCUT2D eigenvalue weighted by Crippen LogP contribution is 2.30. The summed E-state index contributed by atoms with van der Waals surface area (Å²) in [7, 11) is 0. The van der Waals surface area contributed by atoms with Crippen molar-refractivity contribution in [3.8, 4) is 0 Å². The minimum atomic E-state index is 0.482. The minimum absolute atomic E-state index is 0.482. The van der Waals surface area contributed by atoms with Crippen LogP contribution in [0.1, 0.15) is 18.2 Å². The summed E-state index contributed by atoms with van der Waals surface area (Å²) in [6, 6.07) is 8.47. The summed E-state index contributed by atoms with van der Waals surface area (Å²) in [5.74, 6) is 0.965. The second-order valence-corrected chi connectivity index (χ2v) is 5.60. The molecule has 0 fully saturated rings. The molecule has 3 rings (SSSR count). The molecule has 2 N–H and O–H groups in total. The van der Waals surface area contributed by atoms with Crippen LogP contribution in [0.3, 0.4) is 0 Å². The lowest BCUT2D eigenvalue weighted by Crippen LogP contribution is -2.19. The first-order chi connectivity index (χ1) is 9.74. The predicted octanol–water partition coefficient (Wildman–Crippen LogP) is 3.32. The van der Waals surface area contributed by atoms with Gasteiger partial charge in [-0.1, -0.05) is 12.1 Å². The van der Waals surface area contributed by atoms with E-state index < -0.39 is 0 Å². The van der Waals surface area contributed by atoms with Gasteiger partial charge >= 0.3 is 0 Å². The Hall–Kier alpha value is -1.85. The van der Waals surface area contributed by atoms with Gasteiger partial charge in [0.15, 0.2) is 10.8 Å². The van der Waals surface area contributed by atoms with Crippen LogP contribution in [0.5, 0.6) is 0 Å². The summed E-state index contributed by atoms with van der Waals surface area (Å²) in [6.45, 7) is 5.58. The van der Waals surface area contributed by atoms with Crippen molar-refractivity contribution in [2.24, 2.45) is 5.73 Å². The first-order valence-electron chi connectivity index (χ1n) is 6.73. The molecule has 3 aromatic rings. The highest BCUT2D eigenvalue weighted by atomic mass is 32.1. The van der Waals surface area contributed by atoms with Crippen molar-refractivity contribution in [2.75, 3.05) is 11.4 Å². The zero-order chi connectivity index (χ0) is 14.1. The number of thiazole rings is 1. The molecule has 0 unspecified atom stereocenters. The number of anilines is 2. The molecule has 1 aromatic carbocycles. The van der Waals surface area contributed by atoms with Gasteiger partial charge in [-0.15, -0.1) is 11.3 Å². The van der Waals surface area contributed by atoms with Crippen molar-refractivity contribution in [3.63, 3.8) is 0 Å². The quantitative estimate of drug-likeness (QED) is 0.800. The summed E-state index contributed by atoms with van der Waals surface area (Å²) in [5.41, 5.74) is 9.40. The van der Waals surface area contributed by atoms with Gasteiger partial charge in [0.1, 0.15) is 0 Å². The normalized spacial score (nSPS) is 11.2. The van der Waals surface area contributed by atoms with Gasteiger partial charge in [-0.25, -0.2) is 4.98 Å². The van der Waals surface area contributed by atoms with Gasteiger partial charge in [-0.3, -0.25) is 4.40 Å². The SMILES string of the molecule is CCN(c1cccc(C)c1)c1nc2sccn2c1CN. The molecule has 5 heteroatoms. The number of aromatic nitrogens is 2. The number of rotatable bonds is 4. The van der Waals surface area contributed by atoms with Crippen molar-refractivity contribution in [1.82, 2.24) is 9.38 Å². The molecule has 104 valence electrons. The maximum absolute atomic E-state index is 5.94. The van der Waals surface area contributed by atoms with Crippen LogP contribution < -0.4 is 10.6 Å². The predicted molar refractivity (Wildman–Crippen MR) is 84.8 cm³/mol. The summed E-state index contributed by atoms with van der Waals surface area (Å²) in [5, 5.41) is 2.04. The average molecular weight is 286 g/mol. The molecule has 0 saturated carbocycles. The van der Waals surface area contributed by atoms with E-state index in [0.717, 1.165) is 28.7 Å². The van der Waals surface area contributed by atoms with Crippen molar-refractivity contribution in [3.05, 3.63) is 47.1 Å². The van der Waals surface area contributed by atoms with E-state index in [2.05, 4.69) is 47.4 Å². The van der Waals surface area contributed by atoms with Gasteiger partial charge in [0.2, 0.25) is 0 Å². The van der Waals surface area contributed by atoms with Crippen molar-refractivity contribution in [1.29, 1.82) is 0 Å². The molecule has 0 bridgehead atoms.